The number of anilines is 1. The first kappa shape index (κ1) is 14.6. The first-order valence-corrected chi connectivity index (χ1v) is 7.84. The maximum atomic E-state index is 9.62. The molecular formula is C17H17Cl2NO. The predicted octanol–water partition coefficient (Wildman–Crippen LogP) is 5.50. The number of fused-ring (bicyclic) bond motifs is 1. The Hall–Kier alpha value is -1.38. The Labute approximate surface area is 134 Å². The van der Waals surface area contributed by atoms with Crippen LogP contribution in [0.4, 0.5) is 5.69 Å². The van der Waals surface area contributed by atoms with Crippen molar-refractivity contribution in [1.82, 2.24) is 0 Å². The topological polar surface area (TPSA) is 32.3 Å². The van der Waals surface area contributed by atoms with Crippen molar-refractivity contribution in [2.75, 3.05) is 5.32 Å². The Balaban J connectivity index is 1.92. The van der Waals surface area contributed by atoms with Crippen LogP contribution in [0.2, 0.25) is 10.0 Å². The van der Waals surface area contributed by atoms with Gasteiger partial charge in [-0.2, -0.15) is 0 Å². The highest BCUT2D eigenvalue weighted by molar-refractivity contribution is 6.35. The minimum Gasteiger partial charge on any atom is -0.508 e. The van der Waals surface area contributed by atoms with Gasteiger partial charge in [0.05, 0.1) is 16.8 Å². The molecule has 1 aliphatic carbocycles. The zero-order valence-electron chi connectivity index (χ0n) is 11.8. The van der Waals surface area contributed by atoms with Crippen LogP contribution >= 0.6 is 23.2 Å². The van der Waals surface area contributed by atoms with Gasteiger partial charge in [0.15, 0.2) is 0 Å². The highest BCUT2D eigenvalue weighted by Crippen LogP contribution is 2.37. The van der Waals surface area contributed by atoms with Gasteiger partial charge in [0.25, 0.3) is 0 Å². The lowest BCUT2D eigenvalue weighted by atomic mass is 9.87. The summed E-state index contributed by atoms with van der Waals surface area (Å²) in [7, 11) is 0. The Morgan fingerprint density at radius 2 is 1.95 bits per heavy atom. The SMILES string of the molecule is Cc1cc(Cl)c(NC2CCCc3cc(O)ccc32)cc1Cl. The third-order valence-electron chi connectivity index (χ3n) is 4.02. The summed E-state index contributed by atoms with van der Waals surface area (Å²) < 4.78 is 0. The highest BCUT2D eigenvalue weighted by Gasteiger charge is 2.21. The summed E-state index contributed by atoms with van der Waals surface area (Å²) >= 11 is 12.5. The second-order valence-electron chi connectivity index (χ2n) is 5.55. The van der Waals surface area contributed by atoms with Gasteiger partial charge < -0.3 is 10.4 Å². The van der Waals surface area contributed by atoms with E-state index in [0.29, 0.717) is 15.8 Å². The van der Waals surface area contributed by atoms with Crippen LogP contribution in [0.3, 0.4) is 0 Å². The van der Waals surface area contributed by atoms with E-state index in [1.165, 1.54) is 11.1 Å². The van der Waals surface area contributed by atoms with Gasteiger partial charge in [-0.15, -0.1) is 0 Å². The smallest absolute Gasteiger partial charge is 0.115 e. The molecule has 21 heavy (non-hydrogen) atoms. The van der Waals surface area contributed by atoms with Crippen LogP contribution in [0.5, 0.6) is 5.75 Å². The molecule has 2 N–H and O–H groups in total. The van der Waals surface area contributed by atoms with E-state index >= 15 is 0 Å². The fraction of sp³-hybridized carbons (Fsp3) is 0.294. The number of nitrogens with one attached hydrogen (secondary N) is 1. The fourth-order valence-electron chi connectivity index (χ4n) is 2.90. The second kappa shape index (κ2) is 5.78. The van der Waals surface area contributed by atoms with Gasteiger partial charge in [-0.05, 0) is 67.1 Å². The summed E-state index contributed by atoms with van der Waals surface area (Å²) in [6.45, 7) is 1.94. The number of phenolic OH excluding ortho intramolecular Hbond substituents is 1. The minimum atomic E-state index is 0.200. The molecule has 0 bridgehead atoms. The summed E-state index contributed by atoms with van der Waals surface area (Å²) in [6, 6.07) is 9.55. The van der Waals surface area contributed by atoms with Gasteiger partial charge in [-0.1, -0.05) is 29.3 Å². The number of aromatic hydroxyl groups is 1. The summed E-state index contributed by atoms with van der Waals surface area (Å²) in [5.41, 5.74) is 4.26. The zero-order valence-corrected chi connectivity index (χ0v) is 13.3. The van der Waals surface area contributed by atoms with Crippen molar-refractivity contribution < 1.29 is 5.11 Å². The number of halogens is 2. The van der Waals surface area contributed by atoms with Crippen LogP contribution in [0.15, 0.2) is 30.3 Å². The molecule has 0 spiro atoms. The molecule has 1 aliphatic rings. The lowest BCUT2D eigenvalue weighted by Crippen LogP contribution is -2.17. The molecule has 0 amide bonds. The molecular weight excluding hydrogens is 305 g/mol. The molecule has 1 unspecified atom stereocenters. The maximum Gasteiger partial charge on any atom is 0.115 e. The van der Waals surface area contributed by atoms with Crippen LogP contribution in [-0.4, -0.2) is 5.11 Å². The lowest BCUT2D eigenvalue weighted by Gasteiger charge is -2.28. The molecule has 0 saturated carbocycles. The van der Waals surface area contributed by atoms with E-state index in [1.807, 2.05) is 31.2 Å². The number of aryl methyl sites for hydroxylation is 2. The molecule has 3 rings (SSSR count). The molecule has 4 heteroatoms. The monoisotopic (exact) mass is 321 g/mol. The molecule has 0 saturated heterocycles. The van der Waals surface area contributed by atoms with E-state index in [1.54, 1.807) is 6.07 Å². The number of benzene rings is 2. The normalized spacial score (nSPS) is 17.4. The average Bonchev–Trinajstić information content (AvgIpc) is 2.44. The van der Waals surface area contributed by atoms with Crippen molar-refractivity contribution in [3.8, 4) is 5.75 Å². The van der Waals surface area contributed by atoms with Gasteiger partial charge >= 0.3 is 0 Å². The van der Waals surface area contributed by atoms with E-state index in [0.717, 1.165) is 30.5 Å². The molecule has 0 aliphatic heterocycles. The predicted molar refractivity (Wildman–Crippen MR) is 88.6 cm³/mol. The van der Waals surface area contributed by atoms with E-state index in [4.69, 9.17) is 23.2 Å². The van der Waals surface area contributed by atoms with Crippen molar-refractivity contribution in [1.29, 1.82) is 0 Å². The molecule has 2 aromatic carbocycles. The van der Waals surface area contributed by atoms with Crippen LogP contribution in [0.25, 0.3) is 0 Å². The number of hydrogen-bond donors (Lipinski definition) is 2. The third-order valence-corrected chi connectivity index (χ3v) is 4.74. The first-order valence-electron chi connectivity index (χ1n) is 7.08. The van der Waals surface area contributed by atoms with Crippen molar-refractivity contribution in [3.63, 3.8) is 0 Å². The molecule has 0 heterocycles. The number of hydrogen-bond acceptors (Lipinski definition) is 2. The standard InChI is InChI=1S/C17H17Cl2NO/c1-10-7-15(19)17(9-14(10)18)20-16-4-2-3-11-8-12(21)5-6-13(11)16/h5-9,16,20-21H,2-4H2,1H3. The van der Waals surface area contributed by atoms with Crippen LogP contribution in [0, 0.1) is 6.92 Å². The summed E-state index contributed by atoms with van der Waals surface area (Å²) in [6.07, 6.45) is 3.13. The molecule has 0 radical (unpaired) electrons. The lowest BCUT2D eigenvalue weighted by molar-refractivity contribution is 0.472. The molecule has 1 atom stereocenters. The first-order chi connectivity index (χ1) is 10.0. The second-order valence-corrected chi connectivity index (χ2v) is 6.37. The third kappa shape index (κ3) is 2.97. The van der Waals surface area contributed by atoms with Crippen LogP contribution in [0.1, 0.15) is 35.6 Å². The quantitative estimate of drug-likeness (QED) is 0.765. The average molecular weight is 322 g/mol. The van der Waals surface area contributed by atoms with Gasteiger partial charge in [-0.25, -0.2) is 0 Å². The summed E-state index contributed by atoms with van der Waals surface area (Å²) in [5, 5.41) is 14.5. The maximum absolute atomic E-state index is 9.62. The fourth-order valence-corrected chi connectivity index (χ4v) is 3.33. The van der Waals surface area contributed by atoms with Gasteiger partial charge in [-0.3, -0.25) is 0 Å². The largest absolute Gasteiger partial charge is 0.508 e. The Kier molecular flexibility index (Phi) is 4.01. The van der Waals surface area contributed by atoms with Crippen molar-refractivity contribution in [2.24, 2.45) is 0 Å². The minimum absolute atomic E-state index is 0.200. The Bertz CT molecular complexity index is 685. The van der Waals surface area contributed by atoms with Gasteiger partial charge in [0, 0.05) is 5.02 Å². The summed E-state index contributed by atoms with van der Waals surface area (Å²) in [4.78, 5) is 0. The van der Waals surface area contributed by atoms with Crippen LogP contribution in [-0.2, 0) is 6.42 Å². The van der Waals surface area contributed by atoms with Crippen molar-refractivity contribution in [3.05, 3.63) is 57.1 Å². The van der Waals surface area contributed by atoms with Crippen molar-refractivity contribution >= 4 is 28.9 Å². The van der Waals surface area contributed by atoms with Gasteiger partial charge in [0.1, 0.15) is 5.75 Å². The van der Waals surface area contributed by atoms with E-state index in [2.05, 4.69) is 5.32 Å². The highest BCUT2D eigenvalue weighted by atomic mass is 35.5. The zero-order chi connectivity index (χ0) is 15.0. The van der Waals surface area contributed by atoms with Crippen molar-refractivity contribution in [2.45, 2.75) is 32.2 Å². The van der Waals surface area contributed by atoms with Gasteiger partial charge in [0.2, 0.25) is 0 Å². The molecule has 0 fully saturated rings. The number of rotatable bonds is 2. The Morgan fingerprint density at radius 3 is 2.76 bits per heavy atom. The van der Waals surface area contributed by atoms with Crippen LogP contribution < -0.4 is 5.32 Å². The molecule has 110 valence electrons. The Morgan fingerprint density at radius 1 is 1.14 bits per heavy atom. The molecule has 2 aromatic rings. The van der Waals surface area contributed by atoms with E-state index < -0.39 is 0 Å². The van der Waals surface area contributed by atoms with E-state index in [9.17, 15) is 5.11 Å². The number of phenols is 1. The molecule has 0 aromatic heterocycles. The summed E-state index contributed by atoms with van der Waals surface area (Å²) in [5.74, 6) is 0.325. The van der Waals surface area contributed by atoms with E-state index in [-0.39, 0.29) is 6.04 Å². The molecule has 2 nitrogen and oxygen atoms in total.